The number of Topliss-reactive ketones (excluding diaryl/α,β-unsaturated/α-hetero) is 2. The number of anilines is 1. The minimum Gasteiger partial charge on any atom is -0.469 e. The number of amides is 1. The van der Waals surface area contributed by atoms with E-state index in [1.54, 1.807) is 19.1 Å². The molecule has 3 aromatic rings. The van der Waals surface area contributed by atoms with Crippen molar-refractivity contribution >= 4 is 50.1 Å². The number of halogens is 1. The van der Waals surface area contributed by atoms with Gasteiger partial charge in [0.15, 0.2) is 11.6 Å². The Hall–Kier alpha value is -4.06. The fraction of sp³-hybridized carbons (Fsp3) is 0.438. The highest BCUT2D eigenvalue weighted by Gasteiger charge is 2.33. The Balaban J connectivity index is 1.57. The summed E-state index contributed by atoms with van der Waals surface area (Å²) >= 11 is 0. The molecule has 1 aliphatic carbocycles. The second kappa shape index (κ2) is 14.1. The molecule has 2 aromatic carbocycles. The van der Waals surface area contributed by atoms with Gasteiger partial charge in [0.05, 0.1) is 31.2 Å². The molecule has 0 aliphatic heterocycles. The second-order valence-corrected chi connectivity index (χ2v) is 12.9. The van der Waals surface area contributed by atoms with E-state index in [9.17, 15) is 32.0 Å². The number of furan rings is 1. The van der Waals surface area contributed by atoms with Crippen LogP contribution < -0.4 is 9.62 Å². The lowest BCUT2D eigenvalue weighted by molar-refractivity contribution is -0.140. The Labute approximate surface area is 256 Å². The molecule has 0 bridgehead atoms. The van der Waals surface area contributed by atoms with Crippen molar-refractivity contribution in [1.82, 2.24) is 5.32 Å². The van der Waals surface area contributed by atoms with Gasteiger partial charge in [0.2, 0.25) is 15.9 Å². The number of unbranched alkanes of at least 4 members (excludes halogenated alkanes) is 1. The standard InChI is InChI=1S/C32H37FN2O8S/c1-4-27(37)31-25-17-24(20-8-9-20)26(18-28(25)43-32(31)21-10-12-22(33)13-11-21)35(44(3,40)41)19-23(36)14-15-29(38)34-16-6-5-7-30(39)42-2/h10-13,17-18,20H,4-9,14-16,19H2,1-3H3,(H,34,38). The fourth-order valence-electron chi connectivity index (χ4n) is 5.03. The second-order valence-electron chi connectivity index (χ2n) is 11.0. The molecule has 0 atom stereocenters. The van der Waals surface area contributed by atoms with Gasteiger partial charge < -0.3 is 14.5 Å². The molecule has 0 unspecified atom stereocenters. The first-order valence-corrected chi connectivity index (χ1v) is 16.5. The van der Waals surface area contributed by atoms with E-state index in [1.807, 2.05) is 0 Å². The molecule has 1 heterocycles. The van der Waals surface area contributed by atoms with E-state index in [4.69, 9.17) is 4.42 Å². The average Bonchev–Trinajstić information content (AvgIpc) is 3.77. The monoisotopic (exact) mass is 628 g/mol. The zero-order valence-electron chi connectivity index (χ0n) is 25.1. The van der Waals surface area contributed by atoms with Crippen molar-refractivity contribution in [3.63, 3.8) is 0 Å². The van der Waals surface area contributed by atoms with E-state index < -0.39 is 28.2 Å². The molecule has 1 aromatic heterocycles. The van der Waals surface area contributed by atoms with E-state index in [1.165, 1.54) is 31.4 Å². The first kappa shape index (κ1) is 32.8. The van der Waals surface area contributed by atoms with Crippen molar-refractivity contribution in [1.29, 1.82) is 0 Å². The number of rotatable bonds is 16. The van der Waals surface area contributed by atoms with Crippen LogP contribution in [0.2, 0.25) is 0 Å². The summed E-state index contributed by atoms with van der Waals surface area (Å²) in [6.45, 7) is 1.60. The molecule has 44 heavy (non-hydrogen) atoms. The number of hydrogen-bond acceptors (Lipinski definition) is 8. The largest absolute Gasteiger partial charge is 0.469 e. The molecule has 0 spiro atoms. The van der Waals surface area contributed by atoms with Gasteiger partial charge in [-0.05, 0) is 67.5 Å². The van der Waals surface area contributed by atoms with Crippen molar-refractivity contribution < 1.29 is 41.1 Å². The van der Waals surface area contributed by atoms with E-state index in [0.29, 0.717) is 47.2 Å². The number of fused-ring (bicyclic) bond motifs is 1. The number of esters is 1. The maximum atomic E-state index is 13.6. The lowest BCUT2D eigenvalue weighted by atomic mass is 9.97. The highest BCUT2D eigenvalue weighted by molar-refractivity contribution is 7.92. The highest BCUT2D eigenvalue weighted by Crippen LogP contribution is 2.48. The van der Waals surface area contributed by atoms with E-state index in [0.717, 1.165) is 23.4 Å². The Morgan fingerprint density at radius 1 is 1.05 bits per heavy atom. The molecule has 0 saturated heterocycles. The van der Waals surface area contributed by atoms with Crippen molar-refractivity contribution in [2.75, 3.05) is 30.8 Å². The van der Waals surface area contributed by atoms with Gasteiger partial charge in [0.25, 0.3) is 0 Å². The van der Waals surface area contributed by atoms with Crippen LogP contribution in [0.3, 0.4) is 0 Å². The molecule has 236 valence electrons. The maximum Gasteiger partial charge on any atom is 0.305 e. The average molecular weight is 629 g/mol. The molecule has 1 aliphatic rings. The molecule has 12 heteroatoms. The predicted octanol–water partition coefficient (Wildman–Crippen LogP) is 5.28. The quantitative estimate of drug-likeness (QED) is 0.128. The number of benzene rings is 2. The number of hydrogen-bond donors (Lipinski definition) is 1. The summed E-state index contributed by atoms with van der Waals surface area (Å²) in [5.41, 5.74) is 2.11. The molecule has 1 amide bonds. The van der Waals surface area contributed by atoms with Crippen LogP contribution in [0.5, 0.6) is 0 Å². The summed E-state index contributed by atoms with van der Waals surface area (Å²) < 4.78 is 51.4. The molecule has 1 fully saturated rings. The van der Waals surface area contributed by atoms with Crippen LogP contribution in [-0.2, 0) is 29.1 Å². The lowest BCUT2D eigenvalue weighted by Crippen LogP contribution is -2.36. The minimum atomic E-state index is -3.94. The molecule has 1 saturated carbocycles. The zero-order chi connectivity index (χ0) is 32.0. The Kier molecular flexibility index (Phi) is 10.6. The molecule has 10 nitrogen and oxygen atoms in total. The molecule has 0 radical (unpaired) electrons. The number of carbonyl (C=O) groups is 4. The number of methoxy groups -OCH3 is 1. The number of nitrogens with one attached hydrogen (secondary N) is 1. The van der Waals surface area contributed by atoms with Crippen LogP contribution in [-0.4, -0.2) is 58.3 Å². The maximum absolute atomic E-state index is 13.6. The van der Waals surface area contributed by atoms with Gasteiger partial charge in [-0.2, -0.15) is 0 Å². The Bertz CT molecular complexity index is 1660. The van der Waals surface area contributed by atoms with Gasteiger partial charge in [0.1, 0.15) is 17.2 Å². The van der Waals surface area contributed by atoms with Crippen LogP contribution in [0.15, 0.2) is 40.8 Å². The summed E-state index contributed by atoms with van der Waals surface area (Å²) in [6.07, 6.45) is 3.97. The molecule has 1 N–H and O–H groups in total. The molecular weight excluding hydrogens is 591 g/mol. The summed E-state index contributed by atoms with van der Waals surface area (Å²) in [6, 6.07) is 8.90. The Morgan fingerprint density at radius 2 is 1.75 bits per heavy atom. The minimum absolute atomic E-state index is 0.0486. The van der Waals surface area contributed by atoms with Crippen LogP contribution in [0.4, 0.5) is 10.1 Å². The van der Waals surface area contributed by atoms with Crippen LogP contribution in [0, 0.1) is 5.82 Å². The van der Waals surface area contributed by atoms with Gasteiger partial charge in [-0.1, -0.05) is 6.92 Å². The van der Waals surface area contributed by atoms with Gasteiger partial charge >= 0.3 is 5.97 Å². The smallest absolute Gasteiger partial charge is 0.305 e. The first-order chi connectivity index (χ1) is 20.9. The van der Waals surface area contributed by atoms with Crippen LogP contribution in [0.25, 0.3) is 22.3 Å². The van der Waals surface area contributed by atoms with Crippen molar-refractivity contribution in [3.05, 3.63) is 53.3 Å². The van der Waals surface area contributed by atoms with E-state index in [-0.39, 0.29) is 60.6 Å². The van der Waals surface area contributed by atoms with Gasteiger partial charge in [0, 0.05) is 49.2 Å². The third-order valence-electron chi connectivity index (χ3n) is 7.54. The summed E-state index contributed by atoms with van der Waals surface area (Å²) in [4.78, 5) is 49.5. The number of sulfonamides is 1. The number of nitrogens with zero attached hydrogens (tertiary/aromatic N) is 1. The topological polar surface area (TPSA) is 140 Å². The first-order valence-electron chi connectivity index (χ1n) is 14.6. The summed E-state index contributed by atoms with van der Waals surface area (Å²) in [5.74, 6) is -1.40. The number of ketones is 2. The van der Waals surface area contributed by atoms with Crippen LogP contribution in [0.1, 0.15) is 80.1 Å². The van der Waals surface area contributed by atoms with Crippen molar-refractivity contribution in [3.8, 4) is 11.3 Å². The predicted molar refractivity (Wildman–Crippen MR) is 164 cm³/mol. The third-order valence-corrected chi connectivity index (χ3v) is 8.66. The molecular formula is C32H37FN2O8S. The Morgan fingerprint density at radius 3 is 2.36 bits per heavy atom. The van der Waals surface area contributed by atoms with Gasteiger partial charge in [-0.15, -0.1) is 0 Å². The van der Waals surface area contributed by atoms with Crippen molar-refractivity contribution in [2.24, 2.45) is 0 Å². The zero-order valence-corrected chi connectivity index (χ0v) is 25.9. The molecule has 4 rings (SSSR count). The third kappa shape index (κ3) is 8.10. The van der Waals surface area contributed by atoms with E-state index >= 15 is 0 Å². The summed E-state index contributed by atoms with van der Waals surface area (Å²) in [7, 11) is -2.62. The SMILES string of the molecule is CCC(=O)c1c(-c2ccc(F)cc2)oc2cc(N(CC(=O)CCC(=O)NCCCCC(=O)OC)S(C)(=O)=O)c(C3CC3)cc12. The van der Waals surface area contributed by atoms with Gasteiger partial charge in [-0.25, -0.2) is 12.8 Å². The van der Waals surface area contributed by atoms with Crippen LogP contribution >= 0.6 is 0 Å². The fourth-order valence-corrected chi connectivity index (χ4v) is 5.92. The normalized spacial score (nSPS) is 13.1. The van der Waals surface area contributed by atoms with Crippen molar-refractivity contribution in [2.45, 2.75) is 64.2 Å². The summed E-state index contributed by atoms with van der Waals surface area (Å²) in [5, 5.41) is 3.23. The highest BCUT2D eigenvalue weighted by atomic mass is 32.2. The van der Waals surface area contributed by atoms with Gasteiger partial charge in [-0.3, -0.25) is 23.5 Å². The number of ether oxygens (including phenoxy) is 1. The van der Waals surface area contributed by atoms with E-state index in [2.05, 4.69) is 10.1 Å². The number of carbonyl (C=O) groups excluding carboxylic acids is 4. The lowest BCUT2D eigenvalue weighted by Gasteiger charge is -2.24.